The van der Waals surface area contributed by atoms with Gasteiger partial charge >= 0.3 is 6.18 Å². The summed E-state index contributed by atoms with van der Waals surface area (Å²) < 4.78 is 44.0. The maximum atomic E-state index is 13.0. The van der Waals surface area contributed by atoms with Crippen LogP contribution in [0.1, 0.15) is 18.9 Å². The molecule has 1 N–H and O–H groups in total. The minimum atomic E-state index is -4.37. The molecule has 1 aliphatic rings. The number of anilines is 2. The molecule has 1 unspecified atom stereocenters. The lowest BCUT2D eigenvalue weighted by molar-refractivity contribution is -0.137. The van der Waals surface area contributed by atoms with E-state index in [9.17, 15) is 13.2 Å². The first kappa shape index (κ1) is 15.9. The van der Waals surface area contributed by atoms with Gasteiger partial charge in [-0.25, -0.2) is 4.98 Å². The quantitative estimate of drug-likeness (QED) is 0.907. The Morgan fingerprint density at radius 1 is 1.43 bits per heavy atom. The highest BCUT2D eigenvalue weighted by Gasteiger charge is 2.33. The third-order valence-corrected chi connectivity index (χ3v) is 3.51. The molecule has 1 aromatic rings. The highest BCUT2D eigenvalue weighted by atomic mass is 19.4. The first-order valence-corrected chi connectivity index (χ1v) is 7.01. The number of halogens is 3. The molecule has 0 spiro atoms. The van der Waals surface area contributed by atoms with E-state index >= 15 is 0 Å². The molecule has 118 valence electrons. The number of nitrogens with zero attached hydrogens (tertiary/aromatic N) is 2. The zero-order valence-corrected chi connectivity index (χ0v) is 12.2. The Morgan fingerprint density at radius 3 is 2.81 bits per heavy atom. The van der Waals surface area contributed by atoms with Crippen LogP contribution in [0.3, 0.4) is 0 Å². The van der Waals surface area contributed by atoms with Crippen LogP contribution in [0.5, 0.6) is 0 Å². The molecule has 1 saturated heterocycles. The van der Waals surface area contributed by atoms with Gasteiger partial charge < -0.3 is 15.0 Å². The molecule has 2 heterocycles. The van der Waals surface area contributed by atoms with Crippen molar-refractivity contribution in [2.24, 2.45) is 5.92 Å². The zero-order valence-electron chi connectivity index (χ0n) is 12.2. The molecule has 1 aliphatic heterocycles. The molecule has 0 aromatic carbocycles. The topological polar surface area (TPSA) is 37.4 Å². The van der Waals surface area contributed by atoms with Gasteiger partial charge in [-0.2, -0.15) is 13.2 Å². The number of pyridine rings is 1. The van der Waals surface area contributed by atoms with Gasteiger partial charge in [-0.15, -0.1) is 0 Å². The third kappa shape index (κ3) is 4.00. The molecule has 0 bridgehead atoms. The molecule has 0 amide bonds. The number of rotatable bonds is 5. The summed E-state index contributed by atoms with van der Waals surface area (Å²) in [5.74, 6) is 0.978. The van der Waals surface area contributed by atoms with Crippen molar-refractivity contribution >= 4 is 11.6 Å². The summed E-state index contributed by atoms with van der Waals surface area (Å²) in [6.45, 7) is 4.35. The van der Waals surface area contributed by atoms with Gasteiger partial charge in [0, 0.05) is 32.7 Å². The molecule has 4 nitrogen and oxygen atoms in total. The van der Waals surface area contributed by atoms with Crippen molar-refractivity contribution in [2.75, 3.05) is 43.6 Å². The van der Waals surface area contributed by atoms with Crippen LogP contribution < -0.4 is 10.2 Å². The number of hydrogen-bond donors (Lipinski definition) is 1. The predicted molar refractivity (Wildman–Crippen MR) is 75.6 cm³/mol. The van der Waals surface area contributed by atoms with E-state index in [-0.39, 0.29) is 5.82 Å². The van der Waals surface area contributed by atoms with E-state index in [1.54, 1.807) is 7.11 Å². The van der Waals surface area contributed by atoms with E-state index in [1.807, 2.05) is 11.8 Å². The first-order valence-electron chi connectivity index (χ1n) is 7.01. The van der Waals surface area contributed by atoms with Crippen molar-refractivity contribution in [3.8, 4) is 0 Å². The Balaban J connectivity index is 2.24. The lowest BCUT2D eigenvalue weighted by Crippen LogP contribution is -2.23. The SMILES string of the molecule is CCNc1cc(C(F)(F)F)cc(N2CCC(COC)C2)n1. The second-order valence-electron chi connectivity index (χ2n) is 5.18. The molecule has 0 saturated carbocycles. The van der Waals surface area contributed by atoms with Crippen LogP contribution in [0.2, 0.25) is 0 Å². The minimum Gasteiger partial charge on any atom is -0.384 e. The lowest BCUT2D eigenvalue weighted by Gasteiger charge is -2.20. The van der Waals surface area contributed by atoms with Crippen molar-refractivity contribution in [1.29, 1.82) is 0 Å². The van der Waals surface area contributed by atoms with Crippen LogP contribution >= 0.6 is 0 Å². The van der Waals surface area contributed by atoms with Gasteiger partial charge in [0.1, 0.15) is 11.6 Å². The molecule has 7 heteroatoms. The van der Waals surface area contributed by atoms with Gasteiger partial charge in [-0.1, -0.05) is 0 Å². The van der Waals surface area contributed by atoms with Gasteiger partial charge in [0.25, 0.3) is 0 Å². The number of aromatic nitrogens is 1. The number of methoxy groups -OCH3 is 1. The van der Waals surface area contributed by atoms with Crippen LogP contribution in [0.15, 0.2) is 12.1 Å². The Hall–Kier alpha value is -1.50. The van der Waals surface area contributed by atoms with Crippen LogP contribution in [-0.4, -0.2) is 38.3 Å². The van der Waals surface area contributed by atoms with E-state index in [0.717, 1.165) is 18.6 Å². The van der Waals surface area contributed by atoms with Crippen LogP contribution in [0, 0.1) is 5.92 Å². The Bertz CT molecular complexity index is 479. The summed E-state index contributed by atoms with van der Waals surface area (Å²) in [6.07, 6.45) is -3.46. The molecule has 2 rings (SSSR count). The summed E-state index contributed by atoms with van der Waals surface area (Å²) >= 11 is 0. The fraction of sp³-hybridized carbons (Fsp3) is 0.643. The molecular formula is C14H20F3N3O. The molecule has 0 radical (unpaired) electrons. The maximum Gasteiger partial charge on any atom is 0.416 e. The molecule has 1 fully saturated rings. The number of nitrogens with one attached hydrogen (secondary N) is 1. The van der Waals surface area contributed by atoms with Gasteiger partial charge in [0.15, 0.2) is 0 Å². The van der Waals surface area contributed by atoms with Gasteiger partial charge in [0.05, 0.1) is 12.2 Å². The highest BCUT2D eigenvalue weighted by Crippen LogP contribution is 2.34. The molecule has 1 atom stereocenters. The fourth-order valence-electron chi connectivity index (χ4n) is 2.53. The second-order valence-corrected chi connectivity index (χ2v) is 5.18. The lowest BCUT2D eigenvalue weighted by atomic mass is 10.1. The van der Waals surface area contributed by atoms with Crippen molar-refractivity contribution in [3.05, 3.63) is 17.7 Å². The maximum absolute atomic E-state index is 13.0. The average Bonchev–Trinajstić information content (AvgIpc) is 2.87. The summed E-state index contributed by atoms with van der Waals surface area (Å²) in [4.78, 5) is 6.18. The van der Waals surface area contributed by atoms with Crippen LogP contribution in [-0.2, 0) is 10.9 Å². The summed E-state index contributed by atoms with van der Waals surface area (Å²) in [5, 5.41) is 2.86. The van der Waals surface area contributed by atoms with Crippen LogP contribution in [0.25, 0.3) is 0 Å². The van der Waals surface area contributed by atoms with E-state index in [2.05, 4.69) is 10.3 Å². The Morgan fingerprint density at radius 2 is 2.19 bits per heavy atom. The largest absolute Gasteiger partial charge is 0.416 e. The van der Waals surface area contributed by atoms with Crippen molar-refractivity contribution < 1.29 is 17.9 Å². The smallest absolute Gasteiger partial charge is 0.384 e. The van der Waals surface area contributed by atoms with E-state index in [1.165, 1.54) is 0 Å². The normalized spacial score (nSPS) is 19.1. The summed E-state index contributed by atoms with van der Waals surface area (Å²) in [7, 11) is 1.63. The number of ether oxygens (including phenoxy) is 1. The minimum absolute atomic E-state index is 0.262. The average molecular weight is 303 g/mol. The van der Waals surface area contributed by atoms with E-state index in [0.29, 0.717) is 38.0 Å². The fourth-order valence-corrected chi connectivity index (χ4v) is 2.53. The van der Waals surface area contributed by atoms with Crippen LogP contribution in [0.4, 0.5) is 24.8 Å². The van der Waals surface area contributed by atoms with Gasteiger partial charge in [0.2, 0.25) is 0 Å². The second kappa shape index (κ2) is 6.51. The molecular weight excluding hydrogens is 283 g/mol. The first-order chi connectivity index (χ1) is 9.94. The number of hydrogen-bond acceptors (Lipinski definition) is 4. The van der Waals surface area contributed by atoms with Crippen molar-refractivity contribution in [3.63, 3.8) is 0 Å². The molecule has 21 heavy (non-hydrogen) atoms. The Kier molecular flexibility index (Phi) is 4.92. The number of alkyl halides is 3. The highest BCUT2D eigenvalue weighted by molar-refractivity contribution is 5.51. The summed E-state index contributed by atoms with van der Waals surface area (Å²) in [6, 6.07) is 2.17. The predicted octanol–water partition coefficient (Wildman–Crippen LogP) is 3.00. The third-order valence-electron chi connectivity index (χ3n) is 3.51. The Labute approximate surface area is 122 Å². The standard InChI is InChI=1S/C14H20F3N3O/c1-3-18-12-6-11(14(15,16)17)7-13(19-12)20-5-4-10(8-20)9-21-2/h6-7,10H,3-5,8-9H2,1-2H3,(H,18,19). The van der Waals surface area contributed by atoms with Crippen molar-refractivity contribution in [1.82, 2.24) is 4.98 Å². The monoisotopic (exact) mass is 303 g/mol. The van der Waals surface area contributed by atoms with Crippen molar-refractivity contribution in [2.45, 2.75) is 19.5 Å². The summed E-state index contributed by atoms with van der Waals surface area (Å²) in [5.41, 5.74) is -0.668. The molecule has 0 aliphatic carbocycles. The molecule has 1 aromatic heterocycles. The van der Waals surface area contributed by atoms with E-state index < -0.39 is 11.7 Å². The van der Waals surface area contributed by atoms with E-state index in [4.69, 9.17) is 4.74 Å². The van der Waals surface area contributed by atoms with Gasteiger partial charge in [-0.3, -0.25) is 0 Å². The zero-order chi connectivity index (χ0) is 15.5. The van der Waals surface area contributed by atoms with Gasteiger partial charge in [-0.05, 0) is 25.5 Å².